The van der Waals surface area contributed by atoms with Gasteiger partial charge in [-0.2, -0.15) is 0 Å². The molecule has 2 aromatic rings. The average Bonchev–Trinajstić information content (AvgIpc) is 3.16. The summed E-state index contributed by atoms with van der Waals surface area (Å²) in [5, 5.41) is 3.96. The second-order valence-electron chi connectivity index (χ2n) is 5.74. The van der Waals surface area contributed by atoms with Gasteiger partial charge in [0.15, 0.2) is 5.11 Å². The lowest BCUT2D eigenvalue weighted by molar-refractivity contribution is -0.140. The predicted molar refractivity (Wildman–Crippen MR) is 94.3 cm³/mol. The smallest absolute Gasteiger partial charge is 0.307 e. The van der Waals surface area contributed by atoms with Gasteiger partial charge in [0.1, 0.15) is 0 Å². The highest BCUT2D eigenvalue weighted by atomic mass is 32.1. The van der Waals surface area contributed by atoms with Gasteiger partial charge in [-0.1, -0.05) is 6.07 Å². The van der Waals surface area contributed by atoms with Gasteiger partial charge in [-0.15, -0.1) is 0 Å². The monoisotopic (exact) mass is 344 g/mol. The van der Waals surface area contributed by atoms with Crippen molar-refractivity contribution in [2.75, 3.05) is 13.7 Å². The Morgan fingerprint density at radius 1 is 1.38 bits per heavy atom. The molecule has 1 aliphatic rings. The fraction of sp³-hybridized carbons (Fsp3) is 0.353. The van der Waals surface area contributed by atoms with Gasteiger partial charge in [-0.25, -0.2) is 0 Å². The number of H-pyrrole nitrogens is 1. The first-order chi connectivity index (χ1) is 11.6. The molecular formula is C17H20N4O2S. The topological polar surface area (TPSA) is 70.2 Å². The van der Waals surface area contributed by atoms with Crippen molar-refractivity contribution in [1.29, 1.82) is 0 Å². The van der Waals surface area contributed by atoms with E-state index < -0.39 is 0 Å². The lowest BCUT2D eigenvalue weighted by Gasteiger charge is -2.26. The summed E-state index contributed by atoms with van der Waals surface area (Å²) in [6.45, 7) is 2.50. The van der Waals surface area contributed by atoms with Gasteiger partial charge in [-0.3, -0.25) is 9.78 Å². The van der Waals surface area contributed by atoms with Gasteiger partial charge >= 0.3 is 5.97 Å². The number of esters is 1. The first kappa shape index (κ1) is 16.4. The van der Waals surface area contributed by atoms with E-state index in [1.54, 1.807) is 6.20 Å². The third kappa shape index (κ3) is 3.26. The quantitative estimate of drug-likeness (QED) is 0.640. The van der Waals surface area contributed by atoms with Gasteiger partial charge in [0, 0.05) is 24.1 Å². The number of nitrogens with one attached hydrogen (secondary N) is 2. The van der Waals surface area contributed by atoms with E-state index >= 15 is 0 Å². The lowest BCUT2D eigenvalue weighted by atomic mass is 10.0. The second-order valence-corrected chi connectivity index (χ2v) is 6.13. The van der Waals surface area contributed by atoms with Gasteiger partial charge in [0.05, 0.1) is 31.3 Å². The first-order valence-corrected chi connectivity index (χ1v) is 8.21. The van der Waals surface area contributed by atoms with Crippen LogP contribution in [-0.2, 0) is 9.53 Å². The number of aromatic nitrogens is 2. The zero-order chi connectivity index (χ0) is 17.1. The molecule has 2 N–H and O–H groups in total. The molecule has 1 fully saturated rings. The molecule has 24 heavy (non-hydrogen) atoms. The third-order valence-electron chi connectivity index (χ3n) is 4.16. The third-order valence-corrected chi connectivity index (χ3v) is 4.51. The summed E-state index contributed by atoms with van der Waals surface area (Å²) >= 11 is 5.51. The minimum atomic E-state index is -0.250. The van der Waals surface area contributed by atoms with Gasteiger partial charge in [0.2, 0.25) is 0 Å². The second kappa shape index (κ2) is 7.00. The standard InChI is InChI=1S/C17H20N4O2S/c1-11-6-7-13(19-11)16-15(12-5-3-4-9-18-12)20-17(24)21(16)10-8-14(22)23-2/h3-7,9,15-16,19H,8,10H2,1-2H3,(H,20,24)/t15-,16+/m1/s1. The number of methoxy groups -OCH3 is 1. The average molecular weight is 344 g/mol. The zero-order valence-corrected chi connectivity index (χ0v) is 14.5. The maximum atomic E-state index is 11.5. The number of hydrogen-bond donors (Lipinski definition) is 2. The predicted octanol–water partition coefficient (Wildman–Crippen LogP) is 2.25. The molecule has 0 spiro atoms. The fourth-order valence-electron chi connectivity index (χ4n) is 3.00. The molecule has 1 saturated heterocycles. The number of nitrogens with zero attached hydrogens (tertiary/aromatic N) is 2. The van der Waals surface area contributed by atoms with E-state index in [9.17, 15) is 4.79 Å². The summed E-state index contributed by atoms with van der Waals surface area (Å²) in [6.07, 6.45) is 2.05. The van der Waals surface area contributed by atoms with E-state index in [-0.39, 0.29) is 24.5 Å². The van der Waals surface area contributed by atoms with Gasteiger partial charge in [0.25, 0.3) is 0 Å². The van der Waals surface area contributed by atoms with Crippen LogP contribution in [0.15, 0.2) is 36.5 Å². The first-order valence-electron chi connectivity index (χ1n) is 7.80. The molecule has 3 heterocycles. The Morgan fingerprint density at radius 2 is 2.21 bits per heavy atom. The van der Waals surface area contributed by atoms with Crippen molar-refractivity contribution in [2.45, 2.75) is 25.4 Å². The van der Waals surface area contributed by atoms with E-state index in [1.165, 1.54) is 7.11 Å². The number of aryl methyl sites for hydroxylation is 1. The van der Waals surface area contributed by atoms with Crippen LogP contribution in [0.25, 0.3) is 0 Å². The molecule has 0 amide bonds. The van der Waals surface area contributed by atoms with E-state index in [2.05, 4.69) is 21.4 Å². The van der Waals surface area contributed by atoms with E-state index in [0.717, 1.165) is 17.1 Å². The summed E-state index contributed by atoms with van der Waals surface area (Å²) in [6, 6.07) is 9.79. The largest absolute Gasteiger partial charge is 0.469 e. The van der Waals surface area contributed by atoms with Crippen molar-refractivity contribution >= 4 is 23.3 Å². The fourth-order valence-corrected chi connectivity index (χ4v) is 3.33. The molecule has 2 aromatic heterocycles. The minimum Gasteiger partial charge on any atom is -0.469 e. The molecule has 3 rings (SSSR count). The summed E-state index contributed by atoms with van der Waals surface area (Å²) < 4.78 is 4.75. The number of carbonyl (C=O) groups excluding carboxylic acids is 1. The Hall–Kier alpha value is -2.41. The van der Waals surface area contributed by atoms with Crippen LogP contribution >= 0.6 is 12.2 Å². The number of rotatable bonds is 5. The highest BCUT2D eigenvalue weighted by molar-refractivity contribution is 7.80. The molecule has 126 valence electrons. The number of aromatic amines is 1. The van der Waals surface area contributed by atoms with Crippen LogP contribution in [0.5, 0.6) is 0 Å². The van der Waals surface area contributed by atoms with E-state index in [4.69, 9.17) is 17.0 Å². The molecule has 1 aliphatic heterocycles. The molecule has 0 bridgehead atoms. The zero-order valence-electron chi connectivity index (χ0n) is 13.7. The van der Waals surface area contributed by atoms with Crippen LogP contribution in [0.1, 0.15) is 35.6 Å². The summed E-state index contributed by atoms with van der Waals surface area (Å²) in [5.41, 5.74) is 3.04. The Balaban J connectivity index is 1.92. The van der Waals surface area contributed by atoms with Crippen LogP contribution in [-0.4, -0.2) is 39.6 Å². The maximum absolute atomic E-state index is 11.5. The molecule has 0 aliphatic carbocycles. The lowest BCUT2D eigenvalue weighted by Crippen LogP contribution is -2.32. The van der Waals surface area contributed by atoms with Crippen LogP contribution in [0, 0.1) is 6.92 Å². The maximum Gasteiger partial charge on any atom is 0.307 e. The van der Waals surface area contributed by atoms with Crippen molar-refractivity contribution in [3.63, 3.8) is 0 Å². The highest BCUT2D eigenvalue weighted by Crippen LogP contribution is 2.37. The highest BCUT2D eigenvalue weighted by Gasteiger charge is 2.40. The normalized spacial score (nSPS) is 20.1. The Morgan fingerprint density at radius 3 is 2.83 bits per heavy atom. The molecule has 0 radical (unpaired) electrons. The number of pyridine rings is 1. The van der Waals surface area contributed by atoms with Crippen LogP contribution in [0.4, 0.5) is 0 Å². The SMILES string of the molecule is COC(=O)CCN1C(=S)N[C@H](c2ccccn2)[C@@H]1c1ccc(C)[nH]1. The number of hydrogen-bond acceptors (Lipinski definition) is 4. The molecule has 2 atom stereocenters. The number of ether oxygens (including phenoxy) is 1. The number of carbonyl (C=O) groups is 1. The van der Waals surface area contributed by atoms with E-state index in [0.29, 0.717) is 11.7 Å². The summed E-state index contributed by atoms with van der Waals surface area (Å²) in [4.78, 5) is 21.4. The number of thiocarbonyl (C=S) groups is 1. The summed E-state index contributed by atoms with van der Waals surface area (Å²) in [5.74, 6) is -0.250. The molecule has 6 nitrogen and oxygen atoms in total. The molecule has 0 unspecified atom stereocenters. The Labute approximate surface area is 146 Å². The molecule has 0 saturated carbocycles. The molecule has 7 heteroatoms. The molecular weight excluding hydrogens is 324 g/mol. The Kier molecular flexibility index (Phi) is 4.80. The Bertz CT molecular complexity index is 731. The van der Waals surface area contributed by atoms with Crippen LogP contribution in [0.3, 0.4) is 0 Å². The van der Waals surface area contributed by atoms with Crippen molar-refractivity contribution in [3.05, 3.63) is 53.6 Å². The van der Waals surface area contributed by atoms with Gasteiger partial charge in [-0.05, 0) is 43.4 Å². The van der Waals surface area contributed by atoms with E-state index in [1.807, 2.05) is 36.1 Å². The van der Waals surface area contributed by atoms with Crippen molar-refractivity contribution in [1.82, 2.24) is 20.2 Å². The molecule has 0 aromatic carbocycles. The van der Waals surface area contributed by atoms with Crippen molar-refractivity contribution in [2.24, 2.45) is 0 Å². The van der Waals surface area contributed by atoms with Crippen LogP contribution < -0.4 is 5.32 Å². The van der Waals surface area contributed by atoms with Crippen molar-refractivity contribution in [3.8, 4) is 0 Å². The van der Waals surface area contributed by atoms with Crippen LogP contribution in [0.2, 0.25) is 0 Å². The van der Waals surface area contributed by atoms with Crippen molar-refractivity contribution < 1.29 is 9.53 Å². The summed E-state index contributed by atoms with van der Waals surface area (Å²) in [7, 11) is 1.39. The minimum absolute atomic E-state index is 0.0502. The van der Waals surface area contributed by atoms with Gasteiger partial charge < -0.3 is 19.9 Å².